The number of hydrogen-bond donors (Lipinski definition) is 2. The largest absolute Gasteiger partial charge is 0.493 e. The van der Waals surface area contributed by atoms with E-state index >= 15 is 0 Å². The number of rotatable bonds is 5. The molecule has 0 radical (unpaired) electrons. The molecule has 25 heavy (non-hydrogen) atoms. The second-order valence-electron chi connectivity index (χ2n) is 6.66. The average molecular weight is 343 g/mol. The van der Waals surface area contributed by atoms with Crippen molar-refractivity contribution in [3.05, 3.63) is 30.0 Å². The number of nitrogens with zero attached hydrogens (tertiary/aromatic N) is 1. The van der Waals surface area contributed by atoms with Gasteiger partial charge in [0.05, 0.1) is 31.7 Å². The van der Waals surface area contributed by atoms with Gasteiger partial charge in [-0.25, -0.2) is 0 Å². The molecular formula is C19H25N3O3. The SMILES string of the molecule is COc1ccc(-c2[nH]ncc2C(=O)NC2CCC(C)CC2)cc1OC. The minimum atomic E-state index is -0.0851. The lowest BCUT2D eigenvalue weighted by Crippen LogP contribution is -2.37. The Balaban J connectivity index is 1.79. The van der Waals surface area contributed by atoms with Crippen LogP contribution < -0.4 is 14.8 Å². The van der Waals surface area contributed by atoms with E-state index in [2.05, 4.69) is 22.4 Å². The van der Waals surface area contributed by atoms with Crippen molar-refractivity contribution in [3.8, 4) is 22.8 Å². The zero-order valence-corrected chi connectivity index (χ0v) is 15.0. The maximum Gasteiger partial charge on any atom is 0.255 e. The Kier molecular flexibility index (Phi) is 5.26. The predicted octanol–water partition coefficient (Wildman–Crippen LogP) is 3.40. The Labute approximate surface area is 147 Å². The van der Waals surface area contributed by atoms with Gasteiger partial charge in [0.2, 0.25) is 0 Å². The van der Waals surface area contributed by atoms with Gasteiger partial charge in [0.15, 0.2) is 11.5 Å². The molecule has 1 amide bonds. The van der Waals surface area contributed by atoms with Crippen molar-refractivity contribution in [2.45, 2.75) is 38.6 Å². The van der Waals surface area contributed by atoms with Crippen LogP contribution in [0.2, 0.25) is 0 Å². The Morgan fingerprint density at radius 1 is 1.16 bits per heavy atom. The van der Waals surface area contributed by atoms with Crippen LogP contribution in [-0.4, -0.2) is 36.4 Å². The van der Waals surface area contributed by atoms with Crippen molar-refractivity contribution in [1.82, 2.24) is 15.5 Å². The van der Waals surface area contributed by atoms with E-state index in [-0.39, 0.29) is 11.9 Å². The van der Waals surface area contributed by atoms with E-state index in [4.69, 9.17) is 9.47 Å². The second kappa shape index (κ2) is 7.59. The third-order valence-corrected chi connectivity index (χ3v) is 4.91. The molecule has 1 fully saturated rings. The molecule has 0 saturated heterocycles. The number of methoxy groups -OCH3 is 2. The highest BCUT2D eigenvalue weighted by atomic mass is 16.5. The van der Waals surface area contributed by atoms with Crippen LogP contribution >= 0.6 is 0 Å². The van der Waals surface area contributed by atoms with Crippen LogP contribution in [0.1, 0.15) is 43.0 Å². The molecule has 0 aliphatic heterocycles. The Hall–Kier alpha value is -2.50. The topological polar surface area (TPSA) is 76.2 Å². The number of carbonyl (C=O) groups excluding carboxylic acids is 1. The van der Waals surface area contributed by atoms with Crippen LogP contribution in [0.15, 0.2) is 24.4 Å². The Bertz CT molecular complexity index is 733. The molecule has 2 aromatic rings. The lowest BCUT2D eigenvalue weighted by molar-refractivity contribution is 0.0923. The van der Waals surface area contributed by atoms with Gasteiger partial charge in [-0.15, -0.1) is 0 Å². The summed E-state index contributed by atoms with van der Waals surface area (Å²) in [5.74, 6) is 1.93. The van der Waals surface area contributed by atoms with E-state index in [1.54, 1.807) is 20.4 Å². The van der Waals surface area contributed by atoms with Crippen LogP contribution in [-0.2, 0) is 0 Å². The van der Waals surface area contributed by atoms with Crippen LogP contribution in [0, 0.1) is 5.92 Å². The van der Waals surface area contributed by atoms with Gasteiger partial charge in [0.1, 0.15) is 0 Å². The minimum absolute atomic E-state index is 0.0851. The van der Waals surface area contributed by atoms with Gasteiger partial charge in [-0.3, -0.25) is 9.89 Å². The van der Waals surface area contributed by atoms with Gasteiger partial charge in [-0.2, -0.15) is 5.10 Å². The van der Waals surface area contributed by atoms with Gasteiger partial charge in [-0.05, 0) is 49.8 Å². The van der Waals surface area contributed by atoms with Crippen molar-refractivity contribution in [2.75, 3.05) is 14.2 Å². The van der Waals surface area contributed by atoms with Gasteiger partial charge in [-0.1, -0.05) is 6.92 Å². The summed E-state index contributed by atoms with van der Waals surface area (Å²) in [5, 5.41) is 10.1. The van der Waals surface area contributed by atoms with Crippen molar-refractivity contribution < 1.29 is 14.3 Å². The van der Waals surface area contributed by atoms with E-state index in [1.165, 1.54) is 12.8 Å². The molecule has 6 nitrogen and oxygen atoms in total. The summed E-state index contributed by atoms with van der Waals surface area (Å²) in [6, 6.07) is 5.79. The number of amides is 1. The van der Waals surface area contributed by atoms with Crippen LogP contribution in [0.5, 0.6) is 11.5 Å². The Morgan fingerprint density at radius 2 is 1.88 bits per heavy atom. The summed E-state index contributed by atoms with van der Waals surface area (Å²) in [7, 11) is 3.18. The lowest BCUT2D eigenvalue weighted by Gasteiger charge is -2.26. The van der Waals surface area contributed by atoms with E-state index in [0.29, 0.717) is 22.8 Å². The van der Waals surface area contributed by atoms with E-state index in [9.17, 15) is 4.79 Å². The number of nitrogens with one attached hydrogen (secondary N) is 2. The number of aromatic nitrogens is 2. The van der Waals surface area contributed by atoms with Crippen molar-refractivity contribution in [1.29, 1.82) is 0 Å². The first kappa shape index (κ1) is 17.3. The average Bonchev–Trinajstić information content (AvgIpc) is 3.13. The number of benzene rings is 1. The number of carbonyl (C=O) groups is 1. The number of H-pyrrole nitrogens is 1. The molecule has 2 N–H and O–H groups in total. The molecule has 1 heterocycles. The van der Waals surface area contributed by atoms with Crippen molar-refractivity contribution in [2.24, 2.45) is 5.92 Å². The molecule has 0 bridgehead atoms. The number of ether oxygens (including phenoxy) is 2. The monoisotopic (exact) mass is 343 g/mol. The first-order chi connectivity index (χ1) is 12.1. The van der Waals surface area contributed by atoms with Crippen LogP contribution in [0.25, 0.3) is 11.3 Å². The fourth-order valence-corrected chi connectivity index (χ4v) is 3.34. The highest BCUT2D eigenvalue weighted by molar-refractivity contribution is 6.00. The van der Waals surface area contributed by atoms with E-state index in [1.807, 2.05) is 18.2 Å². The molecule has 0 unspecified atom stereocenters. The van der Waals surface area contributed by atoms with Crippen LogP contribution in [0.4, 0.5) is 0 Å². The van der Waals surface area contributed by atoms with Crippen molar-refractivity contribution in [3.63, 3.8) is 0 Å². The van der Waals surface area contributed by atoms with Gasteiger partial charge >= 0.3 is 0 Å². The molecular weight excluding hydrogens is 318 g/mol. The third-order valence-electron chi connectivity index (χ3n) is 4.91. The summed E-state index contributed by atoms with van der Waals surface area (Å²) in [5.41, 5.74) is 2.06. The predicted molar refractivity (Wildman–Crippen MR) is 96.0 cm³/mol. The fraction of sp³-hybridized carbons (Fsp3) is 0.474. The summed E-state index contributed by atoms with van der Waals surface area (Å²) < 4.78 is 10.6. The first-order valence-electron chi connectivity index (χ1n) is 8.69. The zero-order chi connectivity index (χ0) is 17.8. The van der Waals surface area contributed by atoms with E-state index in [0.717, 1.165) is 24.3 Å². The molecule has 1 aromatic heterocycles. The maximum atomic E-state index is 12.7. The lowest BCUT2D eigenvalue weighted by atomic mass is 9.87. The van der Waals surface area contributed by atoms with Crippen LogP contribution in [0.3, 0.4) is 0 Å². The highest BCUT2D eigenvalue weighted by Crippen LogP contribution is 2.33. The second-order valence-corrected chi connectivity index (χ2v) is 6.66. The van der Waals surface area contributed by atoms with Crippen molar-refractivity contribution >= 4 is 5.91 Å². The van der Waals surface area contributed by atoms with Gasteiger partial charge in [0, 0.05) is 11.6 Å². The quantitative estimate of drug-likeness (QED) is 0.872. The molecule has 1 aliphatic rings. The number of hydrogen-bond acceptors (Lipinski definition) is 4. The summed E-state index contributed by atoms with van der Waals surface area (Å²) in [6.45, 7) is 2.27. The molecule has 0 spiro atoms. The number of aromatic amines is 1. The molecule has 6 heteroatoms. The normalized spacial score (nSPS) is 20.1. The standard InChI is InChI=1S/C19H25N3O3/c1-12-4-7-14(8-5-12)21-19(23)15-11-20-22-18(15)13-6-9-16(24-2)17(10-13)25-3/h6,9-12,14H,4-5,7-8H2,1-3H3,(H,20,22)(H,21,23). The van der Waals surface area contributed by atoms with Gasteiger partial charge in [0.25, 0.3) is 5.91 Å². The maximum absolute atomic E-state index is 12.7. The summed E-state index contributed by atoms with van der Waals surface area (Å²) in [4.78, 5) is 12.7. The zero-order valence-electron chi connectivity index (χ0n) is 15.0. The molecule has 1 aliphatic carbocycles. The third kappa shape index (κ3) is 3.78. The Morgan fingerprint density at radius 3 is 2.56 bits per heavy atom. The fourth-order valence-electron chi connectivity index (χ4n) is 3.34. The molecule has 0 atom stereocenters. The highest BCUT2D eigenvalue weighted by Gasteiger charge is 2.23. The molecule has 1 saturated carbocycles. The summed E-state index contributed by atoms with van der Waals surface area (Å²) >= 11 is 0. The molecule has 1 aromatic carbocycles. The molecule has 3 rings (SSSR count). The smallest absolute Gasteiger partial charge is 0.255 e. The summed E-state index contributed by atoms with van der Waals surface area (Å²) in [6.07, 6.45) is 5.98. The molecule has 134 valence electrons. The van der Waals surface area contributed by atoms with Gasteiger partial charge < -0.3 is 14.8 Å². The van der Waals surface area contributed by atoms with E-state index < -0.39 is 0 Å². The first-order valence-corrected chi connectivity index (χ1v) is 8.69. The minimum Gasteiger partial charge on any atom is -0.493 e.